The van der Waals surface area contributed by atoms with Gasteiger partial charge in [-0.1, -0.05) is 434 Å². The molecule has 0 aliphatic rings. The van der Waals surface area contributed by atoms with Crippen LogP contribution in [0, 0.1) is 0 Å². The summed E-state index contributed by atoms with van der Waals surface area (Å²) < 4.78 is 5.13. The number of fused-ring (bicyclic) bond motifs is 12. The van der Waals surface area contributed by atoms with Crippen LogP contribution in [0.15, 0.2) is 431 Å². The molecule has 2 heterocycles. The molecule has 0 saturated heterocycles. The number of anilines is 6. The molecule has 656 valence electrons. The molecule has 0 unspecified atom stereocenters. The summed E-state index contributed by atoms with van der Waals surface area (Å²) >= 11 is 3.74. The standard InChI is InChI=1S/C132H106N2S2/c1-129(2,3)93-76-91(77-94(81-93)130(4,5)6)102-55-29-39-86-41-31-57-110(125(86)102)105-47-14-20-62-116(105)133(117-63-21-16-49-107(117)112-60-34-68-122-127(112)114-51-18-24-66-120(114)135-122)97-73-70-85(71-74-97)100-54-33-59-109-104(100)75-72-88-38-26-44-90(124(88)109)83-132(10,11)96-79-92(78-95(82-96)131(7,8)9)103-56-30-40-87-42-32-58-111(126(87)103)106-48-15-22-64-118(106)134(98-45-27-43-89(80-98)101-53-28-37-84-36-12-13-46-99(84)101)119-65-23-17-50-108(119)113-61-35-69-123-128(113)115-52-19-25-67-121(115)136-123/h12-82H,83H2,1-11H3. The summed E-state index contributed by atoms with van der Waals surface area (Å²) in [5.74, 6) is 0. The largest absolute Gasteiger partial charge is 0.309 e. The van der Waals surface area contributed by atoms with Gasteiger partial charge in [0.1, 0.15) is 0 Å². The molecule has 23 aromatic rings. The van der Waals surface area contributed by atoms with Gasteiger partial charge in [0.25, 0.3) is 0 Å². The maximum absolute atomic E-state index is 2.55. The van der Waals surface area contributed by atoms with E-state index in [9.17, 15) is 0 Å². The highest BCUT2D eigenvalue weighted by Crippen LogP contribution is 2.55. The Bertz CT molecular complexity index is 8640. The monoisotopic (exact) mass is 1780 g/mol. The molecular weight excluding hydrogens is 1680 g/mol. The van der Waals surface area contributed by atoms with E-state index in [0.29, 0.717) is 0 Å². The minimum absolute atomic E-state index is 0.0572. The summed E-state index contributed by atoms with van der Waals surface area (Å²) in [6.07, 6.45) is 0.804. The van der Waals surface area contributed by atoms with Crippen LogP contribution in [0.2, 0.25) is 0 Å². The fourth-order valence-electron chi connectivity index (χ4n) is 21.5. The van der Waals surface area contributed by atoms with Gasteiger partial charge in [-0.2, -0.15) is 0 Å². The molecule has 0 atom stereocenters. The van der Waals surface area contributed by atoms with Gasteiger partial charge in [-0.05, 0) is 249 Å². The second kappa shape index (κ2) is 33.8. The third-order valence-corrected chi connectivity index (χ3v) is 30.8. The average molecular weight is 1780 g/mol. The van der Waals surface area contributed by atoms with Crippen molar-refractivity contribution >= 4 is 151 Å². The van der Waals surface area contributed by atoms with Crippen molar-refractivity contribution in [2.75, 3.05) is 9.80 Å². The fraction of sp³-hybridized carbons (Fsp3) is 0.121. The van der Waals surface area contributed by atoms with Gasteiger partial charge in [0, 0.05) is 74.0 Å². The third kappa shape index (κ3) is 15.2. The van der Waals surface area contributed by atoms with Gasteiger partial charge in [0.2, 0.25) is 0 Å². The van der Waals surface area contributed by atoms with Crippen LogP contribution in [-0.4, -0.2) is 0 Å². The Kier molecular flexibility index (Phi) is 21.2. The number of hydrogen-bond donors (Lipinski definition) is 0. The molecule has 0 aliphatic carbocycles. The van der Waals surface area contributed by atoms with Crippen molar-refractivity contribution < 1.29 is 0 Å². The number of nitrogens with zero attached hydrogens (tertiary/aromatic N) is 2. The van der Waals surface area contributed by atoms with E-state index in [-0.39, 0.29) is 21.7 Å². The Labute approximate surface area is 806 Å². The number of thiophene rings is 2. The summed E-state index contributed by atoms with van der Waals surface area (Å²) in [7, 11) is 0. The Hall–Kier alpha value is -15.0. The number of benzene rings is 21. The van der Waals surface area contributed by atoms with Crippen LogP contribution in [0.5, 0.6) is 0 Å². The van der Waals surface area contributed by atoms with E-state index >= 15 is 0 Å². The van der Waals surface area contributed by atoms with Crippen molar-refractivity contribution in [3.8, 4) is 89.0 Å². The van der Waals surface area contributed by atoms with Crippen molar-refractivity contribution in [1.82, 2.24) is 0 Å². The van der Waals surface area contributed by atoms with Crippen molar-refractivity contribution in [1.29, 1.82) is 0 Å². The van der Waals surface area contributed by atoms with Crippen LogP contribution >= 0.6 is 22.7 Å². The first-order chi connectivity index (χ1) is 66.1. The van der Waals surface area contributed by atoms with E-state index in [1.165, 1.54) is 178 Å². The van der Waals surface area contributed by atoms with Crippen LogP contribution in [-0.2, 0) is 28.1 Å². The van der Waals surface area contributed by atoms with E-state index in [2.05, 4.69) is 517 Å². The Balaban J connectivity index is 0.635. The van der Waals surface area contributed by atoms with Crippen LogP contribution in [0.1, 0.15) is 104 Å². The number of hydrogen-bond acceptors (Lipinski definition) is 4. The molecule has 0 bridgehead atoms. The summed E-state index contributed by atoms with van der Waals surface area (Å²) in [5.41, 5.74) is 31.5. The van der Waals surface area contributed by atoms with Crippen molar-refractivity contribution in [2.45, 2.75) is 104 Å². The second-order valence-electron chi connectivity index (χ2n) is 40.7. The summed E-state index contributed by atoms with van der Waals surface area (Å²) in [4.78, 5) is 5.09. The van der Waals surface area contributed by atoms with Gasteiger partial charge in [0.05, 0.1) is 22.7 Å². The van der Waals surface area contributed by atoms with Crippen molar-refractivity contribution in [3.63, 3.8) is 0 Å². The van der Waals surface area contributed by atoms with E-state index in [4.69, 9.17) is 0 Å². The van der Waals surface area contributed by atoms with Crippen LogP contribution in [0.25, 0.3) is 183 Å². The molecule has 0 aliphatic heterocycles. The Morgan fingerprint density at radius 1 is 0.191 bits per heavy atom. The van der Waals surface area contributed by atoms with Gasteiger partial charge in [0.15, 0.2) is 0 Å². The molecule has 2 nitrogen and oxygen atoms in total. The molecular formula is C132H106N2S2. The number of para-hydroxylation sites is 4. The predicted molar refractivity (Wildman–Crippen MR) is 592 cm³/mol. The van der Waals surface area contributed by atoms with Gasteiger partial charge in [-0.3, -0.25) is 0 Å². The normalized spacial score (nSPS) is 12.3. The minimum atomic E-state index is -0.342. The second-order valence-corrected chi connectivity index (χ2v) is 42.9. The van der Waals surface area contributed by atoms with Gasteiger partial charge < -0.3 is 9.80 Å². The lowest BCUT2D eigenvalue weighted by atomic mass is 9.74. The Morgan fingerprint density at radius 3 is 1.02 bits per heavy atom. The maximum Gasteiger partial charge on any atom is 0.0540 e. The molecule has 0 fully saturated rings. The maximum atomic E-state index is 2.55. The summed E-state index contributed by atoms with van der Waals surface area (Å²) in [6.45, 7) is 26.1. The summed E-state index contributed by atoms with van der Waals surface area (Å²) in [6, 6.07) is 163. The molecule has 2 aromatic heterocycles. The molecule has 23 rings (SSSR count). The molecule has 0 radical (unpaired) electrons. The minimum Gasteiger partial charge on any atom is -0.309 e. The third-order valence-electron chi connectivity index (χ3n) is 28.5. The smallest absolute Gasteiger partial charge is 0.0540 e. The predicted octanol–water partition coefficient (Wildman–Crippen LogP) is 38.9. The van der Waals surface area contributed by atoms with Crippen molar-refractivity contribution in [3.05, 3.63) is 459 Å². The first kappa shape index (κ1) is 85.2. The van der Waals surface area contributed by atoms with Gasteiger partial charge in [-0.15, -0.1) is 22.7 Å². The molecule has 0 amide bonds. The summed E-state index contributed by atoms with van der Waals surface area (Å²) in [5, 5.41) is 17.4. The van der Waals surface area contributed by atoms with Crippen LogP contribution in [0.4, 0.5) is 34.1 Å². The first-order valence-electron chi connectivity index (χ1n) is 47.9. The van der Waals surface area contributed by atoms with Crippen LogP contribution in [0.3, 0.4) is 0 Å². The van der Waals surface area contributed by atoms with Crippen LogP contribution < -0.4 is 9.80 Å². The highest BCUT2D eigenvalue weighted by atomic mass is 32.1. The Morgan fingerprint density at radius 2 is 0.529 bits per heavy atom. The zero-order chi connectivity index (χ0) is 92.5. The van der Waals surface area contributed by atoms with E-state index in [0.717, 1.165) is 73.9 Å². The van der Waals surface area contributed by atoms with E-state index in [1.807, 2.05) is 22.7 Å². The first-order valence-corrected chi connectivity index (χ1v) is 49.5. The SMILES string of the molecule is CC(C)(C)c1cc(-c2cccc3cccc(-c4ccccc4N(c4ccc(-c5cccc6c5ccc5cccc(CC(C)(C)c7cc(-c8cccc9cccc(-c%10ccccc%10N(c%10cccc(-c%11cccc%12ccccc%11%12)c%10)c%10ccccc%10-c%10cccc%11sc%12ccccc%12c%10%11)c89)cc(C(C)(C)C)c7)c56)cc4)c4ccccc4-c4cccc5sc6ccccc6c45)c23)cc(C(C)(C)C)c1. The average Bonchev–Trinajstić information content (AvgIpc) is 1.07. The molecule has 0 spiro atoms. The van der Waals surface area contributed by atoms with Gasteiger partial charge in [-0.25, -0.2) is 0 Å². The van der Waals surface area contributed by atoms with Gasteiger partial charge >= 0.3 is 0 Å². The zero-order valence-corrected chi connectivity index (χ0v) is 80.5. The quantitative estimate of drug-likeness (QED) is 0.0839. The molecule has 21 aromatic carbocycles. The fourth-order valence-corrected chi connectivity index (χ4v) is 23.8. The van der Waals surface area contributed by atoms with E-state index in [1.54, 1.807) is 0 Å². The highest BCUT2D eigenvalue weighted by Gasteiger charge is 2.32. The molecule has 136 heavy (non-hydrogen) atoms. The van der Waals surface area contributed by atoms with Crippen molar-refractivity contribution in [2.24, 2.45) is 0 Å². The highest BCUT2D eigenvalue weighted by molar-refractivity contribution is 7.26. The zero-order valence-electron chi connectivity index (χ0n) is 78.9. The molecule has 0 N–H and O–H groups in total. The molecule has 4 heteroatoms. The van der Waals surface area contributed by atoms with E-state index < -0.39 is 0 Å². The lowest BCUT2D eigenvalue weighted by Gasteiger charge is -2.31. The lowest BCUT2D eigenvalue weighted by molar-refractivity contribution is 0.519. The topological polar surface area (TPSA) is 6.48 Å². The number of rotatable bonds is 17. The lowest BCUT2D eigenvalue weighted by Crippen LogP contribution is -2.22. The molecule has 0 saturated carbocycles.